The molecule has 0 amide bonds. The Hall–Kier alpha value is -0.530. The molecule has 0 aliphatic carbocycles. The minimum atomic E-state index is -0.867. The summed E-state index contributed by atoms with van der Waals surface area (Å²) in [5.41, 5.74) is -0.552. The van der Waals surface area contributed by atoms with Crippen LogP contribution in [-0.2, 0) is 4.79 Å². The van der Waals surface area contributed by atoms with Gasteiger partial charge in [0.2, 0.25) is 0 Å². The van der Waals surface area contributed by atoms with Crippen molar-refractivity contribution in [1.29, 1.82) is 0 Å². The lowest BCUT2D eigenvalue weighted by molar-refractivity contribution is -0.320. The van der Waals surface area contributed by atoms with Gasteiger partial charge in [-0.15, -0.1) is 0 Å². The highest BCUT2D eigenvalue weighted by Gasteiger charge is 2.27. The third-order valence-electron chi connectivity index (χ3n) is 2.57. The Bertz CT molecular complexity index is 135. The van der Waals surface area contributed by atoms with Crippen LogP contribution in [0.25, 0.3) is 0 Å². The Kier molecular flexibility index (Phi) is 4.95. The van der Waals surface area contributed by atoms with Crippen molar-refractivity contribution < 1.29 is 9.90 Å². The van der Waals surface area contributed by atoms with Crippen LogP contribution in [0.3, 0.4) is 0 Å². The summed E-state index contributed by atoms with van der Waals surface area (Å²) < 4.78 is 0. The SMILES string of the molecule is CCCC(CC)(CCC)C(=O)[O-]. The van der Waals surface area contributed by atoms with E-state index >= 15 is 0 Å². The van der Waals surface area contributed by atoms with Crippen molar-refractivity contribution >= 4 is 5.97 Å². The largest absolute Gasteiger partial charge is 0.550 e. The molecule has 0 bridgehead atoms. The molecule has 0 radical (unpaired) electrons. The molecule has 0 heterocycles. The molecule has 0 N–H and O–H groups in total. The molecule has 0 aromatic carbocycles. The first kappa shape index (κ1) is 11.5. The van der Waals surface area contributed by atoms with Crippen LogP contribution in [0.2, 0.25) is 0 Å². The van der Waals surface area contributed by atoms with Crippen LogP contribution in [0.4, 0.5) is 0 Å². The Morgan fingerprint density at radius 3 is 1.75 bits per heavy atom. The number of carboxylic acid groups (broad SMARTS) is 1. The summed E-state index contributed by atoms with van der Waals surface area (Å²) >= 11 is 0. The molecule has 0 aliphatic rings. The topological polar surface area (TPSA) is 40.1 Å². The number of carbonyl (C=O) groups excluding carboxylic acids is 1. The number of hydrogen-bond donors (Lipinski definition) is 0. The number of aliphatic carboxylic acids is 1. The quantitative estimate of drug-likeness (QED) is 0.610. The van der Waals surface area contributed by atoms with E-state index in [0.29, 0.717) is 6.42 Å². The van der Waals surface area contributed by atoms with Crippen molar-refractivity contribution in [2.75, 3.05) is 0 Å². The second kappa shape index (κ2) is 5.18. The van der Waals surface area contributed by atoms with Gasteiger partial charge < -0.3 is 9.90 Å². The maximum atomic E-state index is 10.9. The minimum Gasteiger partial charge on any atom is -0.550 e. The summed E-state index contributed by atoms with van der Waals surface area (Å²) in [7, 11) is 0. The van der Waals surface area contributed by atoms with Crippen LogP contribution in [0.5, 0.6) is 0 Å². The van der Waals surface area contributed by atoms with Gasteiger partial charge in [-0.2, -0.15) is 0 Å². The van der Waals surface area contributed by atoms with Gasteiger partial charge in [-0.05, 0) is 19.3 Å². The lowest BCUT2D eigenvalue weighted by atomic mass is 9.77. The first-order valence-electron chi connectivity index (χ1n) is 4.84. The highest BCUT2D eigenvalue weighted by atomic mass is 16.4. The number of rotatable bonds is 6. The van der Waals surface area contributed by atoms with Gasteiger partial charge in [-0.3, -0.25) is 0 Å². The summed E-state index contributed by atoms with van der Waals surface area (Å²) in [6.45, 7) is 5.97. The monoisotopic (exact) mass is 171 g/mol. The molecule has 0 aromatic rings. The van der Waals surface area contributed by atoms with Crippen LogP contribution >= 0.6 is 0 Å². The van der Waals surface area contributed by atoms with Crippen LogP contribution in [0, 0.1) is 5.41 Å². The van der Waals surface area contributed by atoms with Gasteiger partial charge >= 0.3 is 0 Å². The molecule has 0 saturated heterocycles. The molecule has 12 heavy (non-hydrogen) atoms. The van der Waals surface area contributed by atoms with Gasteiger partial charge in [0.25, 0.3) is 0 Å². The first-order valence-corrected chi connectivity index (χ1v) is 4.84. The minimum absolute atomic E-state index is 0.552. The highest BCUT2D eigenvalue weighted by molar-refractivity contribution is 5.72. The molecular weight excluding hydrogens is 152 g/mol. The zero-order valence-electron chi connectivity index (χ0n) is 8.35. The third-order valence-corrected chi connectivity index (χ3v) is 2.57. The van der Waals surface area contributed by atoms with Gasteiger partial charge in [0, 0.05) is 11.4 Å². The van der Waals surface area contributed by atoms with E-state index in [1.54, 1.807) is 0 Å². The van der Waals surface area contributed by atoms with E-state index in [1.807, 2.05) is 20.8 Å². The number of hydrogen-bond acceptors (Lipinski definition) is 2. The fraction of sp³-hybridized carbons (Fsp3) is 0.900. The van der Waals surface area contributed by atoms with E-state index in [4.69, 9.17) is 0 Å². The molecule has 0 fully saturated rings. The second-order valence-electron chi connectivity index (χ2n) is 3.42. The highest BCUT2D eigenvalue weighted by Crippen LogP contribution is 2.32. The van der Waals surface area contributed by atoms with E-state index < -0.39 is 11.4 Å². The average Bonchev–Trinajstić information content (AvgIpc) is 2.03. The second-order valence-corrected chi connectivity index (χ2v) is 3.42. The van der Waals surface area contributed by atoms with E-state index in [9.17, 15) is 9.90 Å². The zero-order chi connectivity index (χ0) is 9.61. The molecule has 0 saturated carbocycles. The Morgan fingerprint density at radius 1 is 1.17 bits per heavy atom. The third kappa shape index (κ3) is 2.50. The lowest BCUT2D eigenvalue weighted by Gasteiger charge is -2.33. The molecular formula is C10H19O2-. The van der Waals surface area contributed by atoms with Gasteiger partial charge in [-0.25, -0.2) is 0 Å². The van der Waals surface area contributed by atoms with Gasteiger partial charge in [-0.1, -0.05) is 33.6 Å². The molecule has 0 aliphatic heterocycles. The standard InChI is InChI=1S/C10H20O2/c1-4-7-10(6-3,8-5-2)9(11)12/h4-8H2,1-3H3,(H,11,12)/p-1. The van der Waals surface area contributed by atoms with E-state index in [1.165, 1.54) is 0 Å². The van der Waals surface area contributed by atoms with Gasteiger partial charge in [0.15, 0.2) is 0 Å². The summed E-state index contributed by atoms with van der Waals surface area (Å²) in [4.78, 5) is 10.9. The summed E-state index contributed by atoms with van der Waals surface area (Å²) in [5.74, 6) is -0.867. The Morgan fingerprint density at radius 2 is 1.58 bits per heavy atom. The Labute approximate surface area is 75.0 Å². The molecule has 0 rings (SSSR count). The number of carbonyl (C=O) groups is 1. The van der Waals surface area contributed by atoms with Crippen LogP contribution in [0.1, 0.15) is 52.9 Å². The summed E-state index contributed by atoms with van der Waals surface area (Å²) in [5, 5.41) is 10.9. The molecule has 2 nitrogen and oxygen atoms in total. The van der Waals surface area contributed by atoms with Crippen molar-refractivity contribution in [3.8, 4) is 0 Å². The van der Waals surface area contributed by atoms with Crippen LogP contribution < -0.4 is 5.11 Å². The van der Waals surface area contributed by atoms with E-state index in [0.717, 1.165) is 25.7 Å². The van der Waals surface area contributed by atoms with Crippen molar-refractivity contribution in [1.82, 2.24) is 0 Å². The maximum Gasteiger partial charge on any atom is 0.0476 e. The van der Waals surface area contributed by atoms with Crippen molar-refractivity contribution in [3.05, 3.63) is 0 Å². The first-order chi connectivity index (χ1) is 5.63. The molecule has 72 valence electrons. The smallest absolute Gasteiger partial charge is 0.0476 e. The predicted molar refractivity (Wildman–Crippen MR) is 47.5 cm³/mol. The van der Waals surface area contributed by atoms with Crippen molar-refractivity contribution in [3.63, 3.8) is 0 Å². The molecule has 0 spiro atoms. The molecule has 0 aromatic heterocycles. The summed E-state index contributed by atoms with van der Waals surface area (Å²) in [6.07, 6.45) is 4.03. The van der Waals surface area contributed by atoms with Crippen LogP contribution in [-0.4, -0.2) is 5.97 Å². The Balaban J connectivity index is 4.39. The summed E-state index contributed by atoms with van der Waals surface area (Å²) in [6, 6.07) is 0. The van der Waals surface area contributed by atoms with Gasteiger partial charge in [0.1, 0.15) is 0 Å². The zero-order valence-corrected chi connectivity index (χ0v) is 8.35. The van der Waals surface area contributed by atoms with Gasteiger partial charge in [0.05, 0.1) is 0 Å². The van der Waals surface area contributed by atoms with E-state index in [-0.39, 0.29) is 0 Å². The predicted octanol–water partition coefficient (Wildman–Crippen LogP) is 1.73. The lowest BCUT2D eigenvalue weighted by Crippen LogP contribution is -2.41. The van der Waals surface area contributed by atoms with E-state index in [2.05, 4.69) is 0 Å². The maximum absolute atomic E-state index is 10.9. The fourth-order valence-corrected chi connectivity index (χ4v) is 1.78. The molecule has 0 atom stereocenters. The average molecular weight is 171 g/mol. The van der Waals surface area contributed by atoms with Crippen LogP contribution in [0.15, 0.2) is 0 Å². The van der Waals surface area contributed by atoms with Crippen molar-refractivity contribution in [2.45, 2.75) is 52.9 Å². The molecule has 0 unspecified atom stereocenters. The fourth-order valence-electron chi connectivity index (χ4n) is 1.78. The number of carboxylic acids is 1. The normalized spacial score (nSPS) is 11.6. The van der Waals surface area contributed by atoms with Crippen molar-refractivity contribution in [2.24, 2.45) is 5.41 Å². The molecule has 2 heteroatoms.